The van der Waals surface area contributed by atoms with Crippen molar-refractivity contribution in [3.8, 4) is 5.75 Å². The lowest BCUT2D eigenvalue weighted by Crippen LogP contribution is -2.53. The van der Waals surface area contributed by atoms with E-state index >= 15 is 0 Å². The van der Waals surface area contributed by atoms with Crippen molar-refractivity contribution in [1.29, 1.82) is 0 Å². The Morgan fingerprint density at radius 3 is 2.18 bits per heavy atom. The fourth-order valence-electron chi connectivity index (χ4n) is 4.47. The maximum Gasteiger partial charge on any atom is 0.292 e. The monoisotopic (exact) mass is 453 g/mol. The van der Waals surface area contributed by atoms with Crippen molar-refractivity contribution in [3.63, 3.8) is 0 Å². The third kappa shape index (κ3) is 5.80. The Balaban J connectivity index is 1.21. The van der Waals surface area contributed by atoms with Gasteiger partial charge in [-0.2, -0.15) is 0 Å². The topological polar surface area (TPSA) is 82.4 Å². The summed E-state index contributed by atoms with van der Waals surface area (Å²) in [7, 11) is 1.67. The van der Waals surface area contributed by atoms with Gasteiger partial charge in [-0.15, -0.1) is 0 Å². The number of benzene rings is 2. The summed E-state index contributed by atoms with van der Waals surface area (Å²) in [4.78, 5) is 32.3. The third-order valence-electron chi connectivity index (χ3n) is 6.44. The molecular formula is C24H31N5O4. The van der Waals surface area contributed by atoms with E-state index in [0.717, 1.165) is 51.6 Å². The van der Waals surface area contributed by atoms with Crippen LogP contribution in [0.3, 0.4) is 0 Å². The number of para-hydroxylation sites is 2. The number of methoxy groups -OCH3 is 1. The highest BCUT2D eigenvalue weighted by molar-refractivity contribution is 5.78. The minimum absolute atomic E-state index is 0.134. The zero-order chi connectivity index (χ0) is 23.2. The average molecular weight is 454 g/mol. The van der Waals surface area contributed by atoms with Crippen molar-refractivity contribution in [1.82, 2.24) is 14.7 Å². The molecule has 2 aliphatic rings. The number of carbonyl (C=O) groups excluding carboxylic acids is 1. The Hall–Kier alpha value is -3.17. The fraction of sp³-hybridized carbons (Fsp3) is 0.458. The summed E-state index contributed by atoms with van der Waals surface area (Å²) in [5.41, 5.74) is 2.03. The molecule has 2 aliphatic heterocycles. The Labute approximate surface area is 194 Å². The van der Waals surface area contributed by atoms with Gasteiger partial charge in [0.05, 0.1) is 18.6 Å². The molecule has 2 heterocycles. The van der Waals surface area contributed by atoms with E-state index in [1.807, 2.05) is 28.0 Å². The number of rotatable bonds is 7. The molecule has 2 saturated heterocycles. The summed E-state index contributed by atoms with van der Waals surface area (Å²) in [5.74, 6) is 1.02. The van der Waals surface area contributed by atoms with E-state index in [0.29, 0.717) is 25.3 Å². The van der Waals surface area contributed by atoms with Gasteiger partial charge in [0.25, 0.3) is 5.69 Å². The number of hydrogen-bond donors (Lipinski definition) is 0. The smallest absolute Gasteiger partial charge is 0.292 e. The molecule has 0 atom stereocenters. The maximum atomic E-state index is 12.8. The molecule has 1 amide bonds. The standard InChI is InChI=1S/C24H31N5O4/c1-33-21-8-6-20(7-9-21)18-25-12-16-28(17-13-25)24(30)19-26-10-14-27(15-11-26)22-4-2-3-5-23(22)29(31)32/h2-9H,10-19H2,1H3. The lowest BCUT2D eigenvalue weighted by molar-refractivity contribution is -0.384. The molecule has 0 radical (unpaired) electrons. The van der Waals surface area contributed by atoms with Crippen LogP contribution in [0.2, 0.25) is 0 Å². The van der Waals surface area contributed by atoms with E-state index in [1.54, 1.807) is 25.3 Å². The van der Waals surface area contributed by atoms with Crippen LogP contribution in [0.1, 0.15) is 5.56 Å². The minimum atomic E-state index is -0.334. The van der Waals surface area contributed by atoms with Crippen LogP contribution in [0, 0.1) is 10.1 Å². The summed E-state index contributed by atoms with van der Waals surface area (Å²) >= 11 is 0. The van der Waals surface area contributed by atoms with E-state index in [1.165, 1.54) is 5.56 Å². The molecule has 2 aromatic carbocycles. The maximum absolute atomic E-state index is 12.8. The number of carbonyl (C=O) groups is 1. The first-order valence-corrected chi connectivity index (χ1v) is 11.4. The summed E-state index contributed by atoms with van der Waals surface area (Å²) in [5, 5.41) is 11.3. The number of nitrogens with zero attached hydrogens (tertiary/aromatic N) is 5. The van der Waals surface area contributed by atoms with Gasteiger partial charge in [0, 0.05) is 65.0 Å². The number of anilines is 1. The van der Waals surface area contributed by atoms with Gasteiger partial charge < -0.3 is 14.5 Å². The van der Waals surface area contributed by atoms with Gasteiger partial charge in [0.15, 0.2) is 0 Å². The quantitative estimate of drug-likeness (QED) is 0.469. The number of nitro groups is 1. The molecule has 33 heavy (non-hydrogen) atoms. The summed E-state index contributed by atoms with van der Waals surface area (Å²) < 4.78 is 5.21. The predicted molar refractivity (Wildman–Crippen MR) is 127 cm³/mol. The predicted octanol–water partition coefficient (Wildman–Crippen LogP) is 2.07. The highest BCUT2D eigenvalue weighted by Gasteiger charge is 2.27. The van der Waals surface area contributed by atoms with Gasteiger partial charge in [-0.1, -0.05) is 24.3 Å². The van der Waals surface area contributed by atoms with E-state index in [9.17, 15) is 14.9 Å². The zero-order valence-corrected chi connectivity index (χ0v) is 19.1. The number of ether oxygens (including phenoxy) is 1. The second kappa shape index (κ2) is 10.6. The van der Waals surface area contributed by atoms with E-state index < -0.39 is 0 Å². The van der Waals surface area contributed by atoms with Gasteiger partial charge in [0.2, 0.25) is 5.91 Å². The average Bonchev–Trinajstić information content (AvgIpc) is 2.85. The Kier molecular flexibility index (Phi) is 7.41. The van der Waals surface area contributed by atoms with E-state index in [-0.39, 0.29) is 16.5 Å². The highest BCUT2D eigenvalue weighted by atomic mass is 16.6. The molecule has 0 saturated carbocycles. The Bertz CT molecular complexity index is 952. The number of piperazine rings is 2. The summed E-state index contributed by atoms with van der Waals surface area (Å²) in [6.45, 7) is 7.28. The minimum Gasteiger partial charge on any atom is -0.497 e. The summed E-state index contributed by atoms with van der Waals surface area (Å²) in [6.07, 6.45) is 0. The van der Waals surface area contributed by atoms with Crippen LogP contribution >= 0.6 is 0 Å². The van der Waals surface area contributed by atoms with Gasteiger partial charge in [-0.25, -0.2) is 0 Å². The van der Waals surface area contributed by atoms with Crippen molar-refractivity contribution >= 4 is 17.3 Å². The lowest BCUT2D eigenvalue weighted by atomic mass is 10.2. The van der Waals surface area contributed by atoms with Crippen LogP contribution in [-0.4, -0.2) is 91.5 Å². The van der Waals surface area contributed by atoms with Crippen molar-refractivity contribution in [2.24, 2.45) is 0 Å². The normalized spacial score (nSPS) is 17.7. The zero-order valence-electron chi connectivity index (χ0n) is 19.1. The molecule has 0 aliphatic carbocycles. The largest absolute Gasteiger partial charge is 0.497 e. The first kappa shape index (κ1) is 23.0. The molecule has 0 unspecified atom stereocenters. The van der Waals surface area contributed by atoms with Crippen molar-refractivity contribution in [2.45, 2.75) is 6.54 Å². The number of hydrogen-bond acceptors (Lipinski definition) is 7. The molecule has 2 aromatic rings. The Morgan fingerprint density at radius 1 is 0.909 bits per heavy atom. The second-order valence-electron chi connectivity index (χ2n) is 8.51. The molecule has 0 spiro atoms. The molecular weight excluding hydrogens is 422 g/mol. The van der Waals surface area contributed by atoms with Crippen LogP contribution in [0.25, 0.3) is 0 Å². The first-order valence-electron chi connectivity index (χ1n) is 11.4. The van der Waals surface area contributed by atoms with Crippen LogP contribution in [0.4, 0.5) is 11.4 Å². The van der Waals surface area contributed by atoms with Crippen LogP contribution in [0.5, 0.6) is 5.75 Å². The second-order valence-corrected chi connectivity index (χ2v) is 8.51. The van der Waals surface area contributed by atoms with Crippen LogP contribution < -0.4 is 9.64 Å². The SMILES string of the molecule is COc1ccc(CN2CCN(C(=O)CN3CCN(c4ccccc4[N+](=O)[O-])CC3)CC2)cc1. The van der Waals surface area contributed by atoms with Crippen LogP contribution in [0.15, 0.2) is 48.5 Å². The molecule has 176 valence electrons. The van der Waals surface area contributed by atoms with Crippen molar-refractivity contribution < 1.29 is 14.5 Å². The molecule has 2 fully saturated rings. The molecule has 4 rings (SSSR count). The summed E-state index contributed by atoms with van der Waals surface area (Å²) in [6, 6.07) is 15.0. The molecule has 9 nitrogen and oxygen atoms in total. The van der Waals surface area contributed by atoms with Gasteiger partial charge >= 0.3 is 0 Å². The van der Waals surface area contributed by atoms with Gasteiger partial charge in [0.1, 0.15) is 11.4 Å². The van der Waals surface area contributed by atoms with Crippen molar-refractivity contribution in [3.05, 3.63) is 64.2 Å². The van der Waals surface area contributed by atoms with Crippen molar-refractivity contribution in [2.75, 3.05) is 70.9 Å². The van der Waals surface area contributed by atoms with Gasteiger partial charge in [-0.3, -0.25) is 24.7 Å². The fourth-order valence-corrected chi connectivity index (χ4v) is 4.47. The lowest BCUT2D eigenvalue weighted by Gasteiger charge is -2.38. The molecule has 0 aromatic heterocycles. The molecule has 0 bridgehead atoms. The molecule has 0 N–H and O–H groups in total. The third-order valence-corrected chi connectivity index (χ3v) is 6.44. The van der Waals surface area contributed by atoms with Crippen LogP contribution in [-0.2, 0) is 11.3 Å². The molecule has 9 heteroatoms. The van der Waals surface area contributed by atoms with E-state index in [2.05, 4.69) is 21.9 Å². The Morgan fingerprint density at radius 2 is 1.55 bits per heavy atom. The van der Waals surface area contributed by atoms with Gasteiger partial charge in [-0.05, 0) is 23.8 Å². The van der Waals surface area contributed by atoms with E-state index in [4.69, 9.17) is 4.74 Å². The number of nitro benzene ring substituents is 1. The number of amides is 1. The first-order chi connectivity index (χ1) is 16.0. The highest BCUT2D eigenvalue weighted by Crippen LogP contribution is 2.28.